The number of aliphatic hydroxyl groups is 1. The number of anilines is 1. The monoisotopic (exact) mass is 365 g/mol. The predicted molar refractivity (Wildman–Crippen MR) is 115 cm³/mol. The minimum atomic E-state index is -1.22. The van der Waals surface area contributed by atoms with Crippen LogP contribution in [-0.4, -0.2) is 5.11 Å². The number of hydrogen-bond donors (Lipinski definition) is 2. The van der Waals surface area contributed by atoms with Crippen LogP contribution in [0.2, 0.25) is 0 Å². The molecule has 2 nitrogen and oxygen atoms in total. The normalized spacial score (nSPS) is 11.2. The smallest absolute Gasteiger partial charge is 0.140 e. The van der Waals surface area contributed by atoms with Crippen molar-refractivity contribution in [1.82, 2.24) is 0 Å². The lowest BCUT2D eigenvalue weighted by Crippen LogP contribution is -2.30. The van der Waals surface area contributed by atoms with Crippen LogP contribution >= 0.6 is 0 Å². The molecule has 4 aromatic carbocycles. The molecule has 4 aromatic rings. The molecule has 0 bridgehead atoms. The van der Waals surface area contributed by atoms with E-state index in [1.807, 2.05) is 109 Å². The summed E-state index contributed by atoms with van der Waals surface area (Å²) in [5.74, 6) is 0. The van der Waals surface area contributed by atoms with Gasteiger partial charge in [-0.15, -0.1) is 0 Å². The molecule has 28 heavy (non-hydrogen) atoms. The summed E-state index contributed by atoms with van der Waals surface area (Å²) in [4.78, 5) is 0. The van der Waals surface area contributed by atoms with Gasteiger partial charge >= 0.3 is 0 Å². The van der Waals surface area contributed by atoms with Crippen molar-refractivity contribution in [2.24, 2.45) is 0 Å². The van der Waals surface area contributed by atoms with Gasteiger partial charge < -0.3 is 10.4 Å². The van der Waals surface area contributed by atoms with E-state index in [2.05, 4.69) is 11.4 Å². The van der Waals surface area contributed by atoms with Gasteiger partial charge in [-0.3, -0.25) is 0 Å². The van der Waals surface area contributed by atoms with Gasteiger partial charge in [0.05, 0.1) is 0 Å². The van der Waals surface area contributed by atoms with Gasteiger partial charge in [0.2, 0.25) is 0 Å². The third kappa shape index (κ3) is 3.55. The van der Waals surface area contributed by atoms with E-state index in [1.165, 1.54) is 0 Å². The van der Waals surface area contributed by atoms with Crippen molar-refractivity contribution in [3.63, 3.8) is 0 Å². The third-order valence-corrected chi connectivity index (χ3v) is 5.05. The lowest BCUT2D eigenvalue weighted by Gasteiger charge is -2.32. The predicted octanol–water partition coefficient (Wildman–Crippen LogP) is 5.58. The van der Waals surface area contributed by atoms with E-state index in [9.17, 15) is 5.11 Å². The largest absolute Gasteiger partial charge is 0.381 e. The Hall–Kier alpha value is -3.36. The first kappa shape index (κ1) is 18.0. The molecule has 0 heterocycles. The summed E-state index contributed by atoms with van der Waals surface area (Å²) in [7, 11) is 0. The molecule has 138 valence electrons. The van der Waals surface area contributed by atoms with E-state index in [-0.39, 0.29) is 0 Å². The molecule has 0 aliphatic carbocycles. The fourth-order valence-electron chi connectivity index (χ4n) is 3.62. The fraction of sp³-hybridized carbons (Fsp3) is 0.0769. The molecule has 0 unspecified atom stereocenters. The molecule has 2 heteroatoms. The Bertz CT molecular complexity index is 974. The van der Waals surface area contributed by atoms with Crippen molar-refractivity contribution < 1.29 is 5.11 Å². The molecule has 0 fully saturated rings. The average molecular weight is 365 g/mol. The Morgan fingerprint density at radius 3 is 1.61 bits per heavy atom. The van der Waals surface area contributed by atoms with Gasteiger partial charge in [-0.25, -0.2) is 0 Å². The van der Waals surface area contributed by atoms with Gasteiger partial charge in [0.15, 0.2) is 0 Å². The van der Waals surface area contributed by atoms with Crippen LogP contribution in [0.4, 0.5) is 5.69 Å². The Kier molecular flexibility index (Phi) is 5.22. The highest BCUT2D eigenvalue weighted by Gasteiger charge is 2.35. The van der Waals surface area contributed by atoms with Gasteiger partial charge in [-0.2, -0.15) is 0 Å². The van der Waals surface area contributed by atoms with Crippen molar-refractivity contribution in [1.29, 1.82) is 0 Å². The molecule has 0 aliphatic rings. The molecular weight excluding hydrogens is 342 g/mol. The molecule has 0 spiro atoms. The van der Waals surface area contributed by atoms with Crippen LogP contribution in [0.25, 0.3) is 0 Å². The molecule has 2 N–H and O–H groups in total. The highest BCUT2D eigenvalue weighted by Crippen LogP contribution is 2.38. The lowest BCUT2D eigenvalue weighted by atomic mass is 9.78. The molecule has 0 radical (unpaired) electrons. The van der Waals surface area contributed by atoms with Gasteiger partial charge in [0, 0.05) is 12.2 Å². The van der Waals surface area contributed by atoms with Crippen LogP contribution in [0.1, 0.15) is 22.3 Å². The number of nitrogens with one attached hydrogen (secondary N) is 1. The number of benzene rings is 4. The second-order valence-electron chi connectivity index (χ2n) is 6.82. The van der Waals surface area contributed by atoms with Gasteiger partial charge in [0.1, 0.15) is 5.60 Å². The summed E-state index contributed by atoms with van der Waals surface area (Å²) in [5, 5.41) is 15.5. The molecule has 0 saturated heterocycles. The van der Waals surface area contributed by atoms with E-state index in [1.54, 1.807) is 0 Å². The van der Waals surface area contributed by atoms with Crippen molar-refractivity contribution in [3.05, 3.63) is 138 Å². The molecular formula is C26H23NO. The summed E-state index contributed by atoms with van der Waals surface area (Å²) < 4.78 is 0. The van der Waals surface area contributed by atoms with Crippen LogP contribution in [0.5, 0.6) is 0 Å². The van der Waals surface area contributed by atoms with Crippen molar-refractivity contribution >= 4 is 5.69 Å². The minimum Gasteiger partial charge on any atom is -0.381 e. The first-order chi connectivity index (χ1) is 13.8. The van der Waals surface area contributed by atoms with E-state index in [0.29, 0.717) is 6.54 Å². The van der Waals surface area contributed by atoms with Gasteiger partial charge in [-0.05, 0) is 34.4 Å². The van der Waals surface area contributed by atoms with E-state index >= 15 is 0 Å². The maximum absolute atomic E-state index is 12.1. The van der Waals surface area contributed by atoms with Crippen molar-refractivity contribution in [2.75, 3.05) is 5.32 Å². The SMILES string of the molecule is OC(c1ccccc1)(c1ccccc1)c1ccccc1CNc1ccccc1. The summed E-state index contributed by atoms with van der Waals surface area (Å²) in [5.41, 5.74) is 3.48. The number of hydrogen-bond acceptors (Lipinski definition) is 2. The zero-order valence-corrected chi connectivity index (χ0v) is 15.6. The standard InChI is InChI=1S/C26H23NO/c28-26(22-13-4-1-5-14-22,23-15-6-2-7-16-23)25-19-11-10-12-21(25)20-27-24-17-8-3-9-18-24/h1-19,27-28H,20H2. The molecule has 0 aliphatic heterocycles. The highest BCUT2D eigenvalue weighted by molar-refractivity contribution is 5.51. The molecule has 4 rings (SSSR count). The van der Waals surface area contributed by atoms with Crippen LogP contribution in [0, 0.1) is 0 Å². The fourth-order valence-corrected chi connectivity index (χ4v) is 3.62. The van der Waals surface area contributed by atoms with E-state index in [4.69, 9.17) is 0 Å². The Labute approximate surface area is 166 Å². The van der Waals surface area contributed by atoms with Crippen LogP contribution in [0.3, 0.4) is 0 Å². The van der Waals surface area contributed by atoms with E-state index in [0.717, 1.165) is 27.9 Å². The first-order valence-electron chi connectivity index (χ1n) is 9.49. The number of para-hydroxylation sites is 1. The van der Waals surface area contributed by atoms with Crippen molar-refractivity contribution in [3.8, 4) is 0 Å². The van der Waals surface area contributed by atoms with Crippen LogP contribution in [0.15, 0.2) is 115 Å². The second-order valence-corrected chi connectivity index (χ2v) is 6.82. The summed E-state index contributed by atoms with van der Waals surface area (Å²) in [6, 6.07) is 37.9. The second kappa shape index (κ2) is 8.12. The quantitative estimate of drug-likeness (QED) is 0.437. The maximum Gasteiger partial charge on any atom is 0.140 e. The molecule has 0 saturated carbocycles. The molecule has 0 aromatic heterocycles. The van der Waals surface area contributed by atoms with Gasteiger partial charge in [0.25, 0.3) is 0 Å². The molecule has 0 amide bonds. The highest BCUT2D eigenvalue weighted by atomic mass is 16.3. The Morgan fingerprint density at radius 2 is 1.04 bits per heavy atom. The zero-order valence-electron chi connectivity index (χ0n) is 15.6. The topological polar surface area (TPSA) is 32.3 Å². The summed E-state index contributed by atoms with van der Waals surface area (Å²) in [6.45, 7) is 0.627. The van der Waals surface area contributed by atoms with Crippen LogP contribution < -0.4 is 5.32 Å². The Morgan fingerprint density at radius 1 is 0.571 bits per heavy atom. The summed E-state index contributed by atoms with van der Waals surface area (Å²) >= 11 is 0. The first-order valence-corrected chi connectivity index (χ1v) is 9.49. The lowest BCUT2D eigenvalue weighted by molar-refractivity contribution is 0.125. The Balaban J connectivity index is 1.80. The average Bonchev–Trinajstić information content (AvgIpc) is 2.79. The minimum absolute atomic E-state index is 0.627. The molecule has 0 atom stereocenters. The maximum atomic E-state index is 12.1. The van der Waals surface area contributed by atoms with Crippen molar-refractivity contribution in [2.45, 2.75) is 12.1 Å². The third-order valence-electron chi connectivity index (χ3n) is 5.05. The van der Waals surface area contributed by atoms with Gasteiger partial charge in [-0.1, -0.05) is 103 Å². The van der Waals surface area contributed by atoms with E-state index < -0.39 is 5.60 Å². The zero-order chi connectivity index (χ0) is 19.2. The summed E-state index contributed by atoms with van der Waals surface area (Å²) in [6.07, 6.45) is 0. The van der Waals surface area contributed by atoms with Crippen LogP contribution in [-0.2, 0) is 12.1 Å². The number of rotatable bonds is 6.